The third-order valence-electron chi connectivity index (χ3n) is 0.339. The van der Waals surface area contributed by atoms with Gasteiger partial charge < -0.3 is 0 Å². The molecule has 0 aliphatic heterocycles. The third kappa shape index (κ3) is 8.89. The van der Waals surface area contributed by atoms with Crippen LogP contribution in [0.15, 0.2) is 0 Å². The minimum Gasteiger partial charge on any atom is -0.133 e. The molecule has 0 aromatic carbocycles. The molecule has 1 unspecified atom stereocenters. The molecule has 0 fully saturated rings. The first-order valence-corrected chi connectivity index (χ1v) is 4.04. The Morgan fingerprint density at radius 1 is 1.56 bits per heavy atom. The van der Waals surface area contributed by atoms with Crippen LogP contribution in [0.2, 0.25) is 0 Å². The van der Waals surface area contributed by atoms with E-state index in [1.807, 2.05) is 0 Å². The second kappa shape index (κ2) is 3.91. The van der Waals surface area contributed by atoms with Gasteiger partial charge in [-0.05, 0) is 0 Å². The molecule has 0 saturated carbocycles. The lowest BCUT2D eigenvalue weighted by Crippen LogP contribution is -2.09. The summed E-state index contributed by atoms with van der Waals surface area (Å²) in [6.45, 7) is -0.386. The maximum Gasteiger partial charge on any atom is 0.694 e. The quantitative estimate of drug-likeness (QED) is 0.563. The molecular weight excluding hydrogens is 209 g/mol. The van der Waals surface area contributed by atoms with Crippen LogP contribution in [-0.2, 0) is 9.09 Å². The molecule has 7 heteroatoms. The van der Waals surface area contributed by atoms with Crippen LogP contribution >= 0.6 is 43.1 Å². The SMILES string of the molecule is O=[P+](O)OCC(Cl)(Cl)Cl. The number of halogens is 3. The molecule has 1 N–H and O–H groups in total. The Morgan fingerprint density at radius 3 is 2.11 bits per heavy atom. The van der Waals surface area contributed by atoms with Crippen LogP contribution in [0.4, 0.5) is 0 Å². The van der Waals surface area contributed by atoms with E-state index in [4.69, 9.17) is 39.7 Å². The predicted molar refractivity (Wildman–Crippen MR) is 36.1 cm³/mol. The van der Waals surface area contributed by atoms with E-state index >= 15 is 0 Å². The number of hydrogen-bond donors (Lipinski definition) is 1. The summed E-state index contributed by atoms with van der Waals surface area (Å²) in [5.74, 6) is 0. The van der Waals surface area contributed by atoms with Gasteiger partial charge in [-0.1, -0.05) is 34.8 Å². The average Bonchev–Trinajstić information content (AvgIpc) is 1.59. The molecule has 0 aromatic rings. The van der Waals surface area contributed by atoms with Gasteiger partial charge in [-0.25, -0.2) is 0 Å². The van der Waals surface area contributed by atoms with Crippen molar-refractivity contribution in [1.82, 2.24) is 0 Å². The van der Waals surface area contributed by atoms with Crippen LogP contribution in [0.25, 0.3) is 0 Å². The maximum absolute atomic E-state index is 9.80. The van der Waals surface area contributed by atoms with Crippen LogP contribution < -0.4 is 0 Å². The fourth-order valence-electron chi connectivity index (χ4n) is 0.128. The van der Waals surface area contributed by atoms with Crippen molar-refractivity contribution in [3.8, 4) is 0 Å². The van der Waals surface area contributed by atoms with Crippen molar-refractivity contribution in [2.75, 3.05) is 6.61 Å². The van der Waals surface area contributed by atoms with E-state index in [2.05, 4.69) is 4.52 Å². The summed E-state index contributed by atoms with van der Waals surface area (Å²) >= 11 is 15.4. The molecule has 0 radical (unpaired) electrons. The summed E-state index contributed by atoms with van der Waals surface area (Å²) in [5, 5.41) is 0. The highest BCUT2D eigenvalue weighted by atomic mass is 35.6. The van der Waals surface area contributed by atoms with Crippen LogP contribution in [0.5, 0.6) is 0 Å². The Kier molecular flexibility index (Phi) is 4.30. The summed E-state index contributed by atoms with van der Waals surface area (Å²) < 4.78 is 12.3. The van der Waals surface area contributed by atoms with Crippen molar-refractivity contribution in [2.24, 2.45) is 0 Å². The van der Waals surface area contributed by atoms with Crippen LogP contribution in [0.3, 0.4) is 0 Å². The number of alkyl halides is 3. The molecule has 0 aromatic heterocycles. The molecule has 0 heterocycles. The van der Waals surface area contributed by atoms with Gasteiger partial charge in [-0.2, -0.15) is 0 Å². The van der Waals surface area contributed by atoms with E-state index in [1.54, 1.807) is 0 Å². The summed E-state index contributed by atoms with van der Waals surface area (Å²) in [6, 6.07) is 0. The second-order valence-electron chi connectivity index (χ2n) is 1.13. The van der Waals surface area contributed by atoms with Crippen LogP contribution in [0.1, 0.15) is 0 Å². The van der Waals surface area contributed by atoms with Gasteiger partial charge in [-0.15, -0.1) is 9.42 Å². The molecule has 0 rings (SSSR count). The molecule has 0 amide bonds. The zero-order valence-corrected chi connectivity index (χ0v) is 7.21. The second-order valence-corrected chi connectivity index (χ2v) is 4.38. The van der Waals surface area contributed by atoms with Gasteiger partial charge in [0, 0.05) is 4.57 Å². The van der Waals surface area contributed by atoms with Gasteiger partial charge in [0.15, 0.2) is 6.61 Å². The van der Waals surface area contributed by atoms with Gasteiger partial charge in [0.1, 0.15) is 0 Å². The van der Waals surface area contributed by atoms with Crippen molar-refractivity contribution < 1.29 is 14.0 Å². The molecule has 0 bridgehead atoms. The molecule has 3 nitrogen and oxygen atoms in total. The molecule has 0 aliphatic rings. The van der Waals surface area contributed by atoms with E-state index in [9.17, 15) is 4.57 Å². The zero-order chi connectivity index (χ0) is 7.49. The van der Waals surface area contributed by atoms with Crippen LogP contribution in [0, 0.1) is 0 Å². The van der Waals surface area contributed by atoms with Gasteiger partial charge in [-0.3, -0.25) is 0 Å². The third-order valence-corrected chi connectivity index (χ3v) is 1.02. The summed E-state index contributed by atoms with van der Waals surface area (Å²) in [4.78, 5) is 8.03. The average molecular weight is 212 g/mol. The lowest BCUT2D eigenvalue weighted by Gasteiger charge is -2.02. The highest BCUT2D eigenvalue weighted by molar-refractivity contribution is 7.32. The highest BCUT2D eigenvalue weighted by Crippen LogP contribution is 2.29. The van der Waals surface area contributed by atoms with Crippen molar-refractivity contribution in [3.63, 3.8) is 0 Å². The normalized spacial score (nSPS) is 13.6. The smallest absolute Gasteiger partial charge is 0.133 e. The summed E-state index contributed by atoms with van der Waals surface area (Å²) in [7, 11) is -2.67. The van der Waals surface area contributed by atoms with E-state index in [0.29, 0.717) is 0 Å². The Hall–Kier alpha value is 0.890. The standard InChI is InChI=1S/C2H2Cl3O3P/c3-2(4,5)1-8-9(6)7/h1H2/p+1. The van der Waals surface area contributed by atoms with E-state index in [1.165, 1.54) is 0 Å². The fourth-order valence-corrected chi connectivity index (χ4v) is 0.824. The zero-order valence-electron chi connectivity index (χ0n) is 4.05. The molecule has 54 valence electrons. The highest BCUT2D eigenvalue weighted by Gasteiger charge is 2.26. The number of hydrogen-bond acceptors (Lipinski definition) is 2. The Labute approximate surface area is 67.8 Å². The molecule has 0 spiro atoms. The first-order valence-electron chi connectivity index (χ1n) is 1.77. The van der Waals surface area contributed by atoms with Gasteiger partial charge >= 0.3 is 8.25 Å². The van der Waals surface area contributed by atoms with Crippen molar-refractivity contribution in [3.05, 3.63) is 0 Å². The summed E-state index contributed by atoms with van der Waals surface area (Å²) in [5.41, 5.74) is 0. The van der Waals surface area contributed by atoms with E-state index in [-0.39, 0.29) is 6.61 Å². The first kappa shape index (κ1) is 9.89. The fraction of sp³-hybridized carbons (Fsp3) is 1.00. The first-order chi connectivity index (χ1) is 3.92. The van der Waals surface area contributed by atoms with Crippen molar-refractivity contribution >= 4 is 43.1 Å². The van der Waals surface area contributed by atoms with E-state index < -0.39 is 12.0 Å². The number of rotatable bonds is 2. The van der Waals surface area contributed by atoms with E-state index in [0.717, 1.165) is 0 Å². The lowest BCUT2D eigenvalue weighted by molar-refractivity contribution is 0.288. The molecule has 1 atom stereocenters. The van der Waals surface area contributed by atoms with Gasteiger partial charge in [0.05, 0.1) is 0 Å². The van der Waals surface area contributed by atoms with Crippen molar-refractivity contribution in [2.45, 2.75) is 3.79 Å². The molecule has 0 saturated heterocycles. The molecule has 0 aliphatic carbocycles. The molecular formula is C2H3Cl3O3P+. The monoisotopic (exact) mass is 211 g/mol. The summed E-state index contributed by atoms with van der Waals surface area (Å²) in [6.07, 6.45) is 0. The molecule has 9 heavy (non-hydrogen) atoms. The Morgan fingerprint density at radius 2 is 2.00 bits per heavy atom. The Bertz CT molecular complexity index is 110. The van der Waals surface area contributed by atoms with Gasteiger partial charge in [0.25, 0.3) is 0 Å². The topological polar surface area (TPSA) is 46.5 Å². The minimum atomic E-state index is -2.67. The van der Waals surface area contributed by atoms with Crippen LogP contribution in [-0.4, -0.2) is 15.3 Å². The lowest BCUT2D eigenvalue weighted by atomic mass is 10.9. The minimum absolute atomic E-state index is 0.386. The maximum atomic E-state index is 9.80. The largest absolute Gasteiger partial charge is 0.694 e. The van der Waals surface area contributed by atoms with Gasteiger partial charge in [0.2, 0.25) is 3.79 Å². The predicted octanol–water partition coefficient (Wildman–Crippen LogP) is 2.02. The van der Waals surface area contributed by atoms with Crippen molar-refractivity contribution in [1.29, 1.82) is 0 Å². The Balaban J connectivity index is 3.39.